The maximum absolute atomic E-state index is 10.0. The van der Waals surface area contributed by atoms with Crippen molar-refractivity contribution < 1.29 is 15.0 Å². The number of carboxylic acid groups (broad SMARTS) is 1. The van der Waals surface area contributed by atoms with Gasteiger partial charge in [0, 0.05) is 6.42 Å². The summed E-state index contributed by atoms with van der Waals surface area (Å²) in [5.74, 6) is -0.734. The van der Waals surface area contributed by atoms with Crippen LogP contribution < -0.4 is 0 Å². The summed E-state index contributed by atoms with van der Waals surface area (Å²) in [7, 11) is 0. The van der Waals surface area contributed by atoms with Crippen molar-refractivity contribution in [1.29, 1.82) is 0 Å². The van der Waals surface area contributed by atoms with Crippen molar-refractivity contribution in [3.05, 3.63) is 0 Å². The SMILES string of the molecule is C[C@H](O)CCCCCC(=O)O. The van der Waals surface area contributed by atoms with E-state index in [4.69, 9.17) is 10.2 Å². The highest BCUT2D eigenvalue weighted by Gasteiger charge is 1.98. The number of carboxylic acids is 1. The van der Waals surface area contributed by atoms with Crippen molar-refractivity contribution in [3.63, 3.8) is 0 Å². The van der Waals surface area contributed by atoms with Crippen LogP contribution in [0.15, 0.2) is 0 Å². The molecular weight excluding hydrogens is 144 g/mol. The van der Waals surface area contributed by atoms with Gasteiger partial charge in [-0.05, 0) is 19.8 Å². The lowest BCUT2D eigenvalue weighted by Crippen LogP contribution is -1.99. The maximum Gasteiger partial charge on any atom is 0.303 e. The summed E-state index contributed by atoms with van der Waals surface area (Å²) < 4.78 is 0. The van der Waals surface area contributed by atoms with Gasteiger partial charge in [-0.25, -0.2) is 0 Å². The van der Waals surface area contributed by atoms with E-state index < -0.39 is 5.97 Å². The molecule has 66 valence electrons. The van der Waals surface area contributed by atoms with Crippen LogP contribution in [0, 0.1) is 0 Å². The van der Waals surface area contributed by atoms with Crippen molar-refractivity contribution in [3.8, 4) is 0 Å². The van der Waals surface area contributed by atoms with Gasteiger partial charge in [0.2, 0.25) is 0 Å². The Morgan fingerprint density at radius 3 is 2.45 bits per heavy atom. The molecule has 0 aromatic carbocycles. The fourth-order valence-corrected chi connectivity index (χ4v) is 0.893. The molecule has 0 bridgehead atoms. The number of aliphatic carboxylic acids is 1. The molecule has 3 nitrogen and oxygen atoms in total. The van der Waals surface area contributed by atoms with Gasteiger partial charge in [-0.15, -0.1) is 0 Å². The Labute approximate surface area is 67.0 Å². The third-order valence-corrected chi connectivity index (χ3v) is 1.51. The topological polar surface area (TPSA) is 57.5 Å². The molecule has 0 spiro atoms. The van der Waals surface area contributed by atoms with Crippen LogP contribution in [0.3, 0.4) is 0 Å². The lowest BCUT2D eigenvalue weighted by atomic mass is 10.1. The van der Waals surface area contributed by atoms with E-state index in [2.05, 4.69) is 0 Å². The summed E-state index contributed by atoms with van der Waals surface area (Å²) in [6.07, 6.45) is 3.32. The standard InChI is InChI=1S/C8H16O3/c1-7(9)5-3-2-4-6-8(10)11/h7,9H,2-6H2,1H3,(H,10,11)/t7-/m0/s1. The number of carbonyl (C=O) groups is 1. The minimum atomic E-state index is -0.734. The van der Waals surface area contributed by atoms with Crippen LogP contribution in [0.1, 0.15) is 39.0 Å². The maximum atomic E-state index is 10.0. The van der Waals surface area contributed by atoms with Gasteiger partial charge in [-0.2, -0.15) is 0 Å². The Kier molecular flexibility index (Phi) is 5.84. The summed E-state index contributed by atoms with van der Waals surface area (Å²) in [4.78, 5) is 10.0. The average Bonchev–Trinajstić information content (AvgIpc) is 1.85. The quantitative estimate of drug-likeness (QED) is 0.577. The molecule has 0 fully saturated rings. The van der Waals surface area contributed by atoms with Crippen LogP contribution in [0.25, 0.3) is 0 Å². The fraction of sp³-hybridized carbons (Fsp3) is 0.875. The molecule has 0 aliphatic carbocycles. The molecule has 0 amide bonds. The van der Waals surface area contributed by atoms with Crippen molar-refractivity contribution >= 4 is 5.97 Å². The Balaban J connectivity index is 2.97. The summed E-state index contributed by atoms with van der Waals surface area (Å²) in [6.45, 7) is 1.75. The molecule has 0 rings (SSSR count). The monoisotopic (exact) mass is 160 g/mol. The first-order valence-electron chi connectivity index (χ1n) is 4.03. The van der Waals surface area contributed by atoms with E-state index in [0.29, 0.717) is 0 Å². The van der Waals surface area contributed by atoms with Crippen LogP contribution in [-0.2, 0) is 4.79 Å². The third-order valence-electron chi connectivity index (χ3n) is 1.51. The van der Waals surface area contributed by atoms with Crippen molar-refractivity contribution in [1.82, 2.24) is 0 Å². The molecule has 0 aromatic rings. The predicted octanol–water partition coefficient (Wildman–Crippen LogP) is 1.40. The van der Waals surface area contributed by atoms with Crippen molar-refractivity contribution in [2.45, 2.75) is 45.1 Å². The number of hydrogen-bond acceptors (Lipinski definition) is 2. The zero-order valence-electron chi connectivity index (χ0n) is 6.92. The van der Waals surface area contributed by atoms with Gasteiger partial charge in [0.25, 0.3) is 0 Å². The molecule has 2 N–H and O–H groups in total. The van der Waals surface area contributed by atoms with E-state index in [9.17, 15) is 4.79 Å². The highest BCUT2D eigenvalue weighted by Crippen LogP contribution is 2.04. The van der Waals surface area contributed by atoms with E-state index in [1.807, 2.05) is 0 Å². The minimum Gasteiger partial charge on any atom is -0.481 e. The average molecular weight is 160 g/mol. The number of aliphatic hydroxyl groups excluding tert-OH is 1. The molecule has 11 heavy (non-hydrogen) atoms. The Morgan fingerprint density at radius 1 is 1.36 bits per heavy atom. The van der Waals surface area contributed by atoms with Gasteiger partial charge in [0.1, 0.15) is 0 Å². The molecule has 0 aliphatic rings. The molecule has 0 aliphatic heterocycles. The molecule has 0 unspecified atom stereocenters. The number of rotatable bonds is 6. The Hall–Kier alpha value is -0.570. The predicted molar refractivity (Wildman–Crippen MR) is 42.4 cm³/mol. The van der Waals surface area contributed by atoms with Gasteiger partial charge >= 0.3 is 5.97 Å². The summed E-state index contributed by atoms with van der Waals surface area (Å²) in [5.41, 5.74) is 0. The molecule has 0 saturated heterocycles. The Morgan fingerprint density at radius 2 is 2.00 bits per heavy atom. The summed E-state index contributed by atoms with van der Waals surface area (Å²) >= 11 is 0. The van der Waals surface area contributed by atoms with Crippen LogP contribution in [0.4, 0.5) is 0 Å². The van der Waals surface area contributed by atoms with Gasteiger partial charge in [-0.1, -0.05) is 12.8 Å². The largest absolute Gasteiger partial charge is 0.481 e. The molecule has 0 aromatic heterocycles. The molecule has 0 heterocycles. The second-order valence-corrected chi connectivity index (χ2v) is 2.84. The molecule has 0 radical (unpaired) electrons. The van der Waals surface area contributed by atoms with E-state index >= 15 is 0 Å². The first-order chi connectivity index (χ1) is 5.13. The normalized spacial score (nSPS) is 12.9. The highest BCUT2D eigenvalue weighted by molar-refractivity contribution is 5.66. The third kappa shape index (κ3) is 9.43. The first kappa shape index (κ1) is 10.4. The first-order valence-corrected chi connectivity index (χ1v) is 4.03. The zero-order chi connectivity index (χ0) is 8.69. The van der Waals surface area contributed by atoms with Crippen LogP contribution >= 0.6 is 0 Å². The second-order valence-electron chi connectivity index (χ2n) is 2.84. The van der Waals surface area contributed by atoms with Gasteiger partial charge in [0.15, 0.2) is 0 Å². The van der Waals surface area contributed by atoms with E-state index in [-0.39, 0.29) is 12.5 Å². The second kappa shape index (κ2) is 6.16. The molecule has 0 saturated carbocycles. The smallest absolute Gasteiger partial charge is 0.303 e. The number of unbranched alkanes of at least 4 members (excludes halogenated alkanes) is 2. The van der Waals surface area contributed by atoms with Crippen molar-refractivity contribution in [2.75, 3.05) is 0 Å². The Bertz CT molecular complexity index is 110. The lowest BCUT2D eigenvalue weighted by molar-refractivity contribution is -0.137. The van der Waals surface area contributed by atoms with Gasteiger partial charge in [0.05, 0.1) is 6.10 Å². The lowest BCUT2D eigenvalue weighted by Gasteiger charge is -2.01. The summed E-state index contributed by atoms with van der Waals surface area (Å²) in [6, 6.07) is 0. The van der Waals surface area contributed by atoms with Crippen LogP contribution in [0.5, 0.6) is 0 Å². The van der Waals surface area contributed by atoms with Crippen molar-refractivity contribution in [2.24, 2.45) is 0 Å². The molecular formula is C8H16O3. The van der Waals surface area contributed by atoms with Crippen LogP contribution in [-0.4, -0.2) is 22.3 Å². The molecule has 3 heteroatoms. The van der Waals surface area contributed by atoms with Crippen LogP contribution in [0.2, 0.25) is 0 Å². The van der Waals surface area contributed by atoms with E-state index in [1.54, 1.807) is 6.92 Å². The fourth-order valence-electron chi connectivity index (χ4n) is 0.893. The highest BCUT2D eigenvalue weighted by atomic mass is 16.4. The van der Waals surface area contributed by atoms with E-state index in [0.717, 1.165) is 25.7 Å². The number of aliphatic hydroxyl groups is 1. The van der Waals surface area contributed by atoms with Gasteiger partial charge in [-0.3, -0.25) is 4.79 Å². The van der Waals surface area contributed by atoms with Gasteiger partial charge < -0.3 is 10.2 Å². The summed E-state index contributed by atoms with van der Waals surface area (Å²) in [5, 5.41) is 17.1. The zero-order valence-corrected chi connectivity index (χ0v) is 6.92. The van der Waals surface area contributed by atoms with E-state index in [1.165, 1.54) is 0 Å². The minimum absolute atomic E-state index is 0.250. The molecule has 1 atom stereocenters. The number of hydrogen-bond donors (Lipinski definition) is 2.